The van der Waals surface area contributed by atoms with Crippen LogP contribution in [0.3, 0.4) is 0 Å². The summed E-state index contributed by atoms with van der Waals surface area (Å²) in [5, 5.41) is 4.03. The van der Waals surface area contributed by atoms with E-state index >= 15 is 0 Å². The molecule has 1 N–H and O–H groups in total. The first kappa shape index (κ1) is 17.7. The highest BCUT2D eigenvalue weighted by atomic mass is 35.5. The second-order valence-electron chi connectivity index (χ2n) is 7.17. The lowest BCUT2D eigenvalue weighted by molar-refractivity contribution is -0.122. The molecular weight excluding hydrogens is 324 g/mol. The average Bonchev–Trinajstić information content (AvgIpc) is 3.34. The monoisotopic (exact) mass is 350 g/mol. The van der Waals surface area contributed by atoms with Crippen molar-refractivity contribution in [2.24, 2.45) is 0 Å². The fourth-order valence-electron chi connectivity index (χ4n) is 3.39. The van der Waals surface area contributed by atoms with Gasteiger partial charge in [0.15, 0.2) is 0 Å². The van der Waals surface area contributed by atoms with Crippen molar-refractivity contribution in [3.8, 4) is 0 Å². The van der Waals surface area contributed by atoms with Crippen LogP contribution in [0.5, 0.6) is 0 Å². The Morgan fingerprint density at radius 3 is 2.58 bits per heavy atom. The maximum atomic E-state index is 12.4. The quantitative estimate of drug-likeness (QED) is 0.821. The normalized spacial score (nSPS) is 21.2. The fraction of sp³-hybridized carbons (Fsp3) is 0.632. The van der Waals surface area contributed by atoms with Gasteiger partial charge in [-0.2, -0.15) is 0 Å². The van der Waals surface area contributed by atoms with Crippen LogP contribution in [-0.2, 0) is 16.0 Å². The van der Waals surface area contributed by atoms with E-state index in [0.29, 0.717) is 12.5 Å². The van der Waals surface area contributed by atoms with Crippen molar-refractivity contribution in [3.05, 3.63) is 34.9 Å². The molecule has 2 fully saturated rings. The maximum absolute atomic E-state index is 12.4. The lowest BCUT2D eigenvalue weighted by Gasteiger charge is -2.32. The number of nitrogens with one attached hydrogen (secondary N) is 1. The molecule has 0 unspecified atom stereocenters. The van der Waals surface area contributed by atoms with Gasteiger partial charge in [-0.25, -0.2) is 0 Å². The zero-order valence-corrected chi connectivity index (χ0v) is 15.1. The highest BCUT2D eigenvalue weighted by Gasteiger charge is 2.43. The Morgan fingerprint density at radius 2 is 1.96 bits per heavy atom. The standard InChI is InChI=1S/C19H27ClN2O2/c1-15(22-10-12-24-13-11-22)2-7-18(23)21-19(8-9-19)14-16-3-5-17(20)6-4-16/h3-6,15H,2,7-14H2,1H3,(H,21,23)/t15-/m0/s1. The molecule has 1 saturated carbocycles. The molecule has 1 amide bonds. The van der Waals surface area contributed by atoms with E-state index in [1.54, 1.807) is 0 Å². The summed E-state index contributed by atoms with van der Waals surface area (Å²) in [4.78, 5) is 14.8. The second kappa shape index (κ2) is 7.85. The van der Waals surface area contributed by atoms with Gasteiger partial charge in [-0.3, -0.25) is 9.69 Å². The van der Waals surface area contributed by atoms with Crippen LogP contribution in [0, 0.1) is 0 Å². The van der Waals surface area contributed by atoms with Crippen LogP contribution < -0.4 is 5.32 Å². The first-order valence-electron chi connectivity index (χ1n) is 8.94. The summed E-state index contributed by atoms with van der Waals surface area (Å²) in [6, 6.07) is 8.37. The zero-order chi connectivity index (χ0) is 17.0. The van der Waals surface area contributed by atoms with E-state index in [1.165, 1.54) is 5.56 Å². The maximum Gasteiger partial charge on any atom is 0.220 e. The van der Waals surface area contributed by atoms with Gasteiger partial charge >= 0.3 is 0 Å². The van der Waals surface area contributed by atoms with Crippen LogP contribution in [0.15, 0.2) is 24.3 Å². The molecule has 5 heteroatoms. The van der Waals surface area contributed by atoms with Crippen LogP contribution in [0.25, 0.3) is 0 Å². The zero-order valence-electron chi connectivity index (χ0n) is 14.4. The van der Waals surface area contributed by atoms with Gasteiger partial charge in [0.05, 0.1) is 13.2 Å². The summed E-state index contributed by atoms with van der Waals surface area (Å²) in [5.74, 6) is 0.182. The Labute approximate surface area is 149 Å². The van der Waals surface area contributed by atoms with Crippen molar-refractivity contribution >= 4 is 17.5 Å². The molecule has 1 aromatic carbocycles. The first-order chi connectivity index (χ1) is 11.6. The van der Waals surface area contributed by atoms with Crippen LogP contribution in [0.1, 0.15) is 38.2 Å². The summed E-state index contributed by atoms with van der Waals surface area (Å²) in [6.45, 7) is 5.77. The smallest absolute Gasteiger partial charge is 0.220 e. The Hall–Kier alpha value is -1.10. The van der Waals surface area contributed by atoms with Crippen LogP contribution in [0.2, 0.25) is 5.02 Å². The second-order valence-corrected chi connectivity index (χ2v) is 7.60. The summed E-state index contributed by atoms with van der Waals surface area (Å²) in [5.41, 5.74) is 1.21. The molecule has 1 aliphatic carbocycles. The van der Waals surface area contributed by atoms with E-state index in [-0.39, 0.29) is 11.4 Å². The molecule has 24 heavy (non-hydrogen) atoms. The number of carbonyl (C=O) groups is 1. The molecule has 1 saturated heterocycles. The van der Waals surface area contributed by atoms with Crippen LogP contribution in [0.4, 0.5) is 0 Å². The number of amides is 1. The van der Waals surface area contributed by atoms with Gasteiger partial charge in [0.2, 0.25) is 5.91 Å². The van der Waals surface area contributed by atoms with Crippen molar-refractivity contribution in [3.63, 3.8) is 0 Å². The predicted molar refractivity (Wildman–Crippen MR) is 96.4 cm³/mol. The Balaban J connectivity index is 1.43. The van der Waals surface area contributed by atoms with Crippen molar-refractivity contribution < 1.29 is 9.53 Å². The first-order valence-corrected chi connectivity index (χ1v) is 9.31. The highest BCUT2D eigenvalue weighted by molar-refractivity contribution is 6.30. The van der Waals surface area contributed by atoms with E-state index in [4.69, 9.17) is 16.3 Å². The van der Waals surface area contributed by atoms with Gasteiger partial charge in [-0.05, 0) is 50.3 Å². The molecule has 132 valence electrons. The topological polar surface area (TPSA) is 41.6 Å². The lowest BCUT2D eigenvalue weighted by atomic mass is 10.0. The van der Waals surface area contributed by atoms with Gasteiger partial charge < -0.3 is 10.1 Å². The van der Waals surface area contributed by atoms with Gasteiger partial charge in [-0.1, -0.05) is 23.7 Å². The van der Waals surface area contributed by atoms with Gasteiger partial charge in [0.25, 0.3) is 0 Å². The molecule has 1 atom stereocenters. The van der Waals surface area contributed by atoms with Gasteiger partial charge in [0.1, 0.15) is 0 Å². The summed E-state index contributed by atoms with van der Waals surface area (Å²) >= 11 is 5.94. The Bertz CT molecular complexity index is 551. The van der Waals surface area contributed by atoms with Crippen molar-refractivity contribution in [1.82, 2.24) is 10.2 Å². The highest BCUT2D eigenvalue weighted by Crippen LogP contribution is 2.39. The predicted octanol–water partition coefficient (Wildman–Crippen LogP) is 3.03. The van der Waals surface area contributed by atoms with Crippen molar-refractivity contribution in [2.45, 2.75) is 50.6 Å². The van der Waals surface area contributed by atoms with E-state index in [0.717, 1.165) is 57.0 Å². The third-order valence-electron chi connectivity index (χ3n) is 5.17. The molecule has 1 aromatic rings. The third-order valence-corrected chi connectivity index (χ3v) is 5.42. The summed E-state index contributed by atoms with van der Waals surface area (Å²) in [7, 11) is 0. The number of hydrogen-bond acceptors (Lipinski definition) is 3. The number of ether oxygens (including phenoxy) is 1. The number of rotatable bonds is 7. The fourth-order valence-corrected chi connectivity index (χ4v) is 3.51. The average molecular weight is 351 g/mol. The van der Waals surface area contributed by atoms with E-state index in [2.05, 4.69) is 29.3 Å². The number of halogens is 1. The molecule has 0 spiro atoms. The van der Waals surface area contributed by atoms with Crippen LogP contribution >= 0.6 is 11.6 Å². The minimum Gasteiger partial charge on any atom is -0.379 e. The van der Waals surface area contributed by atoms with Gasteiger partial charge in [0, 0.05) is 36.1 Å². The largest absolute Gasteiger partial charge is 0.379 e. The van der Waals surface area contributed by atoms with Crippen molar-refractivity contribution in [2.75, 3.05) is 26.3 Å². The lowest BCUT2D eigenvalue weighted by Crippen LogP contribution is -2.43. The summed E-state index contributed by atoms with van der Waals surface area (Å²) < 4.78 is 5.38. The molecule has 4 nitrogen and oxygen atoms in total. The molecular formula is C19H27ClN2O2. The molecule has 3 rings (SSSR count). The minimum atomic E-state index is -0.0207. The van der Waals surface area contributed by atoms with Crippen LogP contribution in [-0.4, -0.2) is 48.7 Å². The SMILES string of the molecule is C[C@@H](CCC(=O)NC1(Cc2ccc(Cl)cc2)CC1)N1CCOCC1. The van der Waals surface area contributed by atoms with Crippen molar-refractivity contribution in [1.29, 1.82) is 0 Å². The molecule has 0 radical (unpaired) electrons. The number of hydrogen-bond donors (Lipinski definition) is 1. The molecule has 1 aliphatic heterocycles. The number of carbonyl (C=O) groups excluding carboxylic acids is 1. The Kier molecular flexibility index (Phi) is 5.80. The molecule has 0 bridgehead atoms. The van der Waals surface area contributed by atoms with E-state index < -0.39 is 0 Å². The molecule has 1 heterocycles. The summed E-state index contributed by atoms with van der Waals surface area (Å²) in [6.07, 6.45) is 4.54. The number of nitrogens with zero attached hydrogens (tertiary/aromatic N) is 1. The number of morpholine rings is 1. The molecule has 2 aliphatic rings. The number of benzene rings is 1. The van der Waals surface area contributed by atoms with E-state index in [1.807, 2.05) is 12.1 Å². The molecule has 0 aromatic heterocycles. The van der Waals surface area contributed by atoms with E-state index in [9.17, 15) is 4.79 Å². The van der Waals surface area contributed by atoms with Gasteiger partial charge in [-0.15, -0.1) is 0 Å². The third kappa shape index (κ3) is 4.95. The Morgan fingerprint density at radius 1 is 1.29 bits per heavy atom. The minimum absolute atomic E-state index is 0.0207.